The summed E-state index contributed by atoms with van der Waals surface area (Å²) in [5, 5.41) is 10.7. The predicted molar refractivity (Wildman–Crippen MR) is 54.1 cm³/mol. The minimum absolute atomic E-state index is 0.0700. The van der Waals surface area contributed by atoms with E-state index in [4.69, 9.17) is 0 Å². The van der Waals surface area contributed by atoms with Crippen LogP contribution in [0.2, 0.25) is 0 Å². The molecule has 1 rings (SSSR count). The fourth-order valence-corrected chi connectivity index (χ4v) is 1.24. The lowest BCUT2D eigenvalue weighted by Gasteiger charge is -2.13. The molecule has 0 aliphatic carbocycles. The fraction of sp³-hybridized carbons (Fsp3) is 0.364. The van der Waals surface area contributed by atoms with Gasteiger partial charge in [-0.2, -0.15) is 13.2 Å². The van der Waals surface area contributed by atoms with Crippen molar-refractivity contribution in [2.45, 2.75) is 19.5 Å². The topological polar surface area (TPSA) is 79.3 Å². The van der Waals surface area contributed by atoms with Crippen LogP contribution in [0.25, 0.3) is 0 Å². The Morgan fingerprint density at radius 3 is 2.53 bits per heavy atom. The van der Waals surface area contributed by atoms with Gasteiger partial charge in [0.25, 0.3) is 0 Å². The zero-order valence-electron chi connectivity index (χ0n) is 9.78. The summed E-state index contributed by atoms with van der Waals surface area (Å²) < 4.78 is 42.1. The Morgan fingerprint density at radius 1 is 1.42 bits per heavy atom. The highest BCUT2D eigenvalue weighted by atomic mass is 19.4. The van der Waals surface area contributed by atoms with Gasteiger partial charge >= 0.3 is 12.1 Å². The monoisotopic (exact) mass is 276 g/mol. The molecule has 0 fully saturated rings. The van der Waals surface area contributed by atoms with Gasteiger partial charge in [-0.3, -0.25) is 4.98 Å². The molecule has 0 aromatic carbocycles. The highest BCUT2D eigenvalue weighted by Gasteiger charge is 2.36. The Kier molecular flexibility index (Phi) is 4.47. The Labute approximate surface area is 106 Å². The van der Waals surface area contributed by atoms with Crippen LogP contribution in [0.1, 0.15) is 39.8 Å². The number of carbonyl (C=O) groups excluding carboxylic acids is 2. The molecule has 0 aliphatic rings. The molecule has 0 aliphatic heterocycles. The van der Waals surface area contributed by atoms with Crippen molar-refractivity contribution in [3.05, 3.63) is 29.1 Å². The van der Waals surface area contributed by atoms with Crippen LogP contribution >= 0.6 is 0 Å². The van der Waals surface area contributed by atoms with Crippen molar-refractivity contribution >= 4 is 11.9 Å². The number of alkyl halides is 3. The number of hydrogen-bond donors (Lipinski definition) is 0. The van der Waals surface area contributed by atoms with E-state index in [1.54, 1.807) is 6.92 Å². The van der Waals surface area contributed by atoms with Gasteiger partial charge in [-0.05, 0) is 12.5 Å². The van der Waals surface area contributed by atoms with E-state index in [0.717, 1.165) is 0 Å². The first-order valence-corrected chi connectivity index (χ1v) is 5.23. The average molecular weight is 276 g/mol. The maximum absolute atomic E-state index is 12.5. The molecule has 0 unspecified atom stereocenters. The minimum atomic E-state index is -4.94. The average Bonchev–Trinajstić information content (AvgIpc) is 2.34. The first-order valence-electron chi connectivity index (χ1n) is 5.23. The number of carboxylic acid groups (broad SMARTS) is 1. The van der Waals surface area contributed by atoms with E-state index in [1.165, 1.54) is 0 Å². The Morgan fingerprint density at radius 2 is 2.05 bits per heavy atom. The molecule has 1 aromatic rings. The lowest BCUT2D eigenvalue weighted by atomic mass is 10.1. The summed E-state index contributed by atoms with van der Waals surface area (Å²) in [6.45, 7) is 1.80. The molecule has 0 saturated heterocycles. The number of ether oxygens (including phenoxy) is 1. The third kappa shape index (κ3) is 3.67. The molecule has 1 heterocycles. The summed E-state index contributed by atoms with van der Waals surface area (Å²) in [7, 11) is 0. The highest BCUT2D eigenvalue weighted by molar-refractivity contribution is 5.94. The van der Waals surface area contributed by atoms with E-state index in [9.17, 15) is 27.9 Å². The van der Waals surface area contributed by atoms with Crippen LogP contribution < -0.4 is 5.11 Å². The molecule has 0 amide bonds. The third-order valence-electron chi connectivity index (χ3n) is 2.05. The van der Waals surface area contributed by atoms with Crippen molar-refractivity contribution in [1.29, 1.82) is 0 Å². The quantitative estimate of drug-likeness (QED) is 0.767. The van der Waals surface area contributed by atoms with Crippen molar-refractivity contribution in [3.8, 4) is 0 Å². The molecule has 0 N–H and O–H groups in total. The molecule has 0 saturated carbocycles. The van der Waals surface area contributed by atoms with E-state index in [0.29, 0.717) is 18.7 Å². The summed E-state index contributed by atoms with van der Waals surface area (Å²) in [5.74, 6) is -3.00. The van der Waals surface area contributed by atoms with Crippen LogP contribution in [-0.2, 0) is 10.9 Å². The van der Waals surface area contributed by atoms with E-state index in [1.807, 2.05) is 0 Å². The number of aromatic nitrogens is 1. The molecular weight excluding hydrogens is 267 g/mol. The maximum atomic E-state index is 12.5. The second kappa shape index (κ2) is 5.68. The summed E-state index contributed by atoms with van der Waals surface area (Å²) in [6, 6.07) is 0.545. The second-order valence-electron chi connectivity index (χ2n) is 3.54. The van der Waals surface area contributed by atoms with Gasteiger partial charge in [-0.15, -0.1) is 0 Å². The van der Waals surface area contributed by atoms with Crippen LogP contribution in [0.4, 0.5) is 13.2 Å². The Bertz CT molecular complexity index is 499. The summed E-state index contributed by atoms with van der Waals surface area (Å²) in [6.07, 6.45) is -3.80. The van der Waals surface area contributed by atoms with Crippen LogP contribution in [-0.4, -0.2) is 23.5 Å². The van der Waals surface area contributed by atoms with Gasteiger partial charge in [0.1, 0.15) is 0 Å². The third-order valence-corrected chi connectivity index (χ3v) is 2.05. The maximum Gasteiger partial charge on any atom is 0.433 e. The lowest BCUT2D eigenvalue weighted by molar-refractivity contribution is -0.255. The number of halogens is 3. The Hall–Kier alpha value is -2.12. The van der Waals surface area contributed by atoms with Crippen LogP contribution in [0.3, 0.4) is 0 Å². The summed E-state index contributed by atoms with van der Waals surface area (Å²) >= 11 is 0. The van der Waals surface area contributed by atoms with Gasteiger partial charge in [0.15, 0.2) is 5.69 Å². The molecule has 19 heavy (non-hydrogen) atoms. The van der Waals surface area contributed by atoms with Crippen LogP contribution in [0.5, 0.6) is 0 Å². The largest absolute Gasteiger partial charge is 0.545 e. The van der Waals surface area contributed by atoms with E-state index in [-0.39, 0.29) is 12.2 Å². The molecule has 0 atom stereocenters. The van der Waals surface area contributed by atoms with Crippen molar-refractivity contribution in [2.75, 3.05) is 6.61 Å². The standard InChI is InChI=1S/C11H10F3NO4/c1-2-3-19-10(18)6-4-7(9(16)17)8(15-5-6)11(12,13)14/h4-5H,2-3H2,1H3,(H,16,17)/p-1. The summed E-state index contributed by atoms with van der Waals surface area (Å²) in [4.78, 5) is 25.0. The van der Waals surface area contributed by atoms with Gasteiger partial charge in [0.05, 0.1) is 18.1 Å². The van der Waals surface area contributed by atoms with E-state index in [2.05, 4.69) is 9.72 Å². The van der Waals surface area contributed by atoms with E-state index < -0.39 is 29.4 Å². The molecule has 0 radical (unpaired) electrons. The first kappa shape index (κ1) is 14.9. The normalized spacial score (nSPS) is 11.2. The van der Waals surface area contributed by atoms with Gasteiger partial charge < -0.3 is 14.6 Å². The first-order chi connectivity index (χ1) is 8.77. The highest BCUT2D eigenvalue weighted by Crippen LogP contribution is 2.30. The number of carbonyl (C=O) groups is 2. The summed E-state index contributed by atoms with van der Waals surface area (Å²) in [5.41, 5.74) is -3.18. The molecular formula is C11H9F3NO4-. The number of esters is 1. The number of carboxylic acids is 1. The molecule has 1 aromatic heterocycles. The van der Waals surface area contributed by atoms with E-state index >= 15 is 0 Å². The van der Waals surface area contributed by atoms with Crippen molar-refractivity contribution in [1.82, 2.24) is 4.98 Å². The van der Waals surface area contributed by atoms with Gasteiger partial charge in [-0.1, -0.05) is 6.92 Å². The lowest BCUT2D eigenvalue weighted by Crippen LogP contribution is -2.27. The molecule has 5 nitrogen and oxygen atoms in total. The van der Waals surface area contributed by atoms with Crippen molar-refractivity contribution in [2.24, 2.45) is 0 Å². The van der Waals surface area contributed by atoms with Gasteiger partial charge in [-0.25, -0.2) is 4.79 Å². The van der Waals surface area contributed by atoms with Crippen molar-refractivity contribution < 1.29 is 32.6 Å². The van der Waals surface area contributed by atoms with Gasteiger partial charge in [0, 0.05) is 11.8 Å². The van der Waals surface area contributed by atoms with Gasteiger partial charge in [0.2, 0.25) is 0 Å². The molecule has 104 valence electrons. The van der Waals surface area contributed by atoms with Crippen molar-refractivity contribution in [3.63, 3.8) is 0 Å². The molecule has 8 heteroatoms. The minimum Gasteiger partial charge on any atom is -0.545 e. The number of rotatable bonds is 4. The molecule has 0 bridgehead atoms. The second-order valence-corrected chi connectivity index (χ2v) is 3.54. The number of nitrogens with zero attached hydrogens (tertiary/aromatic N) is 1. The smallest absolute Gasteiger partial charge is 0.433 e. The fourth-order valence-electron chi connectivity index (χ4n) is 1.24. The number of aromatic carboxylic acids is 1. The SMILES string of the molecule is CCCOC(=O)c1cnc(C(F)(F)F)c(C(=O)[O-])c1. The number of pyridine rings is 1. The van der Waals surface area contributed by atoms with Crippen LogP contribution in [0, 0.1) is 0 Å². The number of hydrogen-bond acceptors (Lipinski definition) is 5. The predicted octanol–water partition coefficient (Wildman–Crippen LogP) is 1.03. The van der Waals surface area contributed by atoms with Crippen LogP contribution in [0.15, 0.2) is 12.3 Å². The Balaban J connectivity index is 3.17. The zero-order chi connectivity index (χ0) is 14.6. The molecule has 0 spiro atoms. The zero-order valence-corrected chi connectivity index (χ0v) is 9.78.